The smallest absolute Gasteiger partial charge is 0.260 e. The van der Waals surface area contributed by atoms with Crippen LogP contribution >= 0.6 is 0 Å². The molecule has 0 unspecified atom stereocenters. The summed E-state index contributed by atoms with van der Waals surface area (Å²) < 4.78 is 11.2. The molecule has 1 amide bonds. The van der Waals surface area contributed by atoms with Crippen LogP contribution in [-0.2, 0) is 11.3 Å². The Balaban J connectivity index is 1.25. The largest absolute Gasteiger partial charge is 0.483 e. The van der Waals surface area contributed by atoms with Crippen molar-refractivity contribution < 1.29 is 14.1 Å². The maximum Gasteiger partial charge on any atom is 0.260 e. The molecule has 2 aromatic carbocycles. The highest BCUT2D eigenvalue weighted by Gasteiger charge is 2.23. The Bertz CT molecular complexity index is 1040. The zero-order valence-electron chi connectivity index (χ0n) is 18.3. The maximum atomic E-state index is 12.6. The number of nitrogens with zero attached hydrogens (tertiary/aromatic N) is 4. The number of benzene rings is 2. The molecule has 1 aliphatic heterocycles. The molecule has 4 rings (SSSR count). The van der Waals surface area contributed by atoms with Gasteiger partial charge in [0.15, 0.2) is 6.61 Å². The summed E-state index contributed by atoms with van der Waals surface area (Å²) >= 11 is 0. The van der Waals surface area contributed by atoms with Crippen molar-refractivity contribution in [2.24, 2.45) is 0 Å². The summed E-state index contributed by atoms with van der Waals surface area (Å²) in [6.07, 6.45) is 0. The highest BCUT2D eigenvalue weighted by molar-refractivity contribution is 5.78. The second-order valence-corrected chi connectivity index (χ2v) is 8.02. The summed E-state index contributed by atoms with van der Waals surface area (Å²) in [5.74, 6) is 1.98. The molecule has 7 heteroatoms. The van der Waals surface area contributed by atoms with Gasteiger partial charge in [0.1, 0.15) is 5.75 Å². The highest BCUT2D eigenvalue weighted by atomic mass is 16.5. The lowest BCUT2D eigenvalue weighted by Crippen LogP contribution is -2.49. The Morgan fingerprint density at radius 2 is 1.77 bits per heavy atom. The third kappa shape index (κ3) is 5.11. The Labute approximate surface area is 182 Å². The molecular weight excluding hydrogens is 392 g/mol. The van der Waals surface area contributed by atoms with Crippen molar-refractivity contribution in [2.75, 3.05) is 32.8 Å². The SMILES string of the molecule is Cc1ccc(-c2noc(CN3CCN(C(=O)COc4cccc(C)c4C)CC3)n2)cc1. The van der Waals surface area contributed by atoms with E-state index in [1.807, 2.05) is 68.1 Å². The van der Waals surface area contributed by atoms with Gasteiger partial charge in [0.05, 0.1) is 6.54 Å². The normalized spacial score (nSPS) is 14.6. The van der Waals surface area contributed by atoms with Crippen LogP contribution in [0.4, 0.5) is 0 Å². The lowest BCUT2D eigenvalue weighted by Gasteiger charge is -2.33. The molecular formula is C24H28N4O3. The van der Waals surface area contributed by atoms with Gasteiger partial charge in [-0.3, -0.25) is 9.69 Å². The van der Waals surface area contributed by atoms with Gasteiger partial charge in [0.2, 0.25) is 11.7 Å². The van der Waals surface area contributed by atoms with Crippen LogP contribution in [-0.4, -0.2) is 58.6 Å². The minimum absolute atomic E-state index is 0.0139. The second kappa shape index (κ2) is 9.31. The molecule has 0 spiro atoms. The first-order valence-corrected chi connectivity index (χ1v) is 10.6. The van der Waals surface area contributed by atoms with Crippen molar-refractivity contribution in [3.8, 4) is 17.1 Å². The third-order valence-electron chi connectivity index (χ3n) is 5.77. The number of aromatic nitrogens is 2. The van der Waals surface area contributed by atoms with E-state index in [1.54, 1.807) is 0 Å². The van der Waals surface area contributed by atoms with Crippen LogP contribution in [0.3, 0.4) is 0 Å². The summed E-state index contributed by atoms with van der Waals surface area (Å²) in [6.45, 7) is 9.59. The molecule has 162 valence electrons. The molecule has 1 aromatic heterocycles. The molecule has 3 aromatic rings. The first-order valence-electron chi connectivity index (χ1n) is 10.6. The molecule has 1 fully saturated rings. The average Bonchev–Trinajstić information content (AvgIpc) is 3.24. The summed E-state index contributed by atoms with van der Waals surface area (Å²) in [5, 5.41) is 4.10. The highest BCUT2D eigenvalue weighted by Crippen LogP contribution is 2.21. The fraction of sp³-hybridized carbons (Fsp3) is 0.375. The van der Waals surface area contributed by atoms with Gasteiger partial charge in [-0.2, -0.15) is 4.98 Å². The molecule has 0 atom stereocenters. The molecule has 0 bridgehead atoms. The van der Waals surface area contributed by atoms with E-state index in [4.69, 9.17) is 9.26 Å². The van der Waals surface area contributed by atoms with Crippen molar-refractivity contribution in [1.82, 2.24) is 19.9 Å². The topological polar surface area (TPSA) is 71.7 Å². The molecule has 1 aliphatic rings. The molecule has 0 radical (unpaired) electrons. The molecule has 0 aliphatic carbocycles. The van der Waals surface area contributed by atoms with Crippen LogP contribution in [0.5, 0.6) is 5.75 Å². The molecule has 2 heterocycles. The van der Waals surface area contributed by atoms with Crippen molar-refractivity contribution in [2.45, 2.75) is 27.3 Å². The molecule has 0 saturated carbocycles. The Morgan fingerprint density at radius 3 is 2.52 bits per heavy atom. The van der Waals surface area contributed by atoms with E-state index >= 15 is 0 Å². The first-order chi connectivity index (χ1) is 15.0. The van der Waals surface area contributed by atoms with Gasteiger partial charge in [-0.05, 0) is 38.0 Å². The van der Waals surface area contributed by atoms with Gasteiger partial charge in [-0.25, -0.2) is 0 Å². The number of carbonyl (C=O) groups is 1. The fourth-order valence-electron chi connectivity index (χ4n) is 3.60. The number of rotatable bonds is 6. The molecule has 0 N–H and O–H groups in total. The Kier molecular flexibility index (Phi) is 6.32. The number of carbonyl (C=O) groups excluding carboxylic acids is 1. The first kappa shape index (κ1) is 21.1. The van der Waals surface area contributed by atoms with Gasteiger partial charge in [0, 0.05) is 31.7 Å². The zero-order chi connectivity index (χ0) is 21.8. The van der Waals surface area contributed by atoms with Crippen LogP contribution in [0.15, 0.2) is 47.0 Å². The fourth-order valence-corrected chi connectivity index (χ4v) is 3.60. The van der Waals surface area contributed by atoms with Gasteiger partial charge in [0.25, 0.3) is 5.91 Å². The second-order valence-electron chi connectivity index (χ2n) is 8.02. The summed E-state index contributed by atoms with van der Waals surface area (Å²) in [7, 11) is 0. The van der Waals surface area contributed by atoms with Gasteiger partial charge < -0.3 is 14.2 Å². The molecule has 31 heavy (non-hydrogen) atoms. The van der Waals surface area contributed by atoms with Crippen LogP contribution in [0.25, 0.3) is 11.4 Å². The monoisotopic (exact) mass is 420 g/mol. The van der Waals surface area contributed by atoms with E-state index in [1.165, 1.54) is 5.56 Å². The molecule has 1 saturated heterocycles. The maximum absolute atomic E-state index is 12.6. The minimum Gasteiger partial charge on any atom is -0.483 e. The Hall–Kier alpha value is -3.19. The van der Waals surface area contributed by atoms with Crippen molar-refractivity contribution >= 4 is 5.91 Å². The Morgan fingerprint density at radius 1 is 1.03 bits per heavy atom. The number of amides is 1. The van der Waals surface area contributed by atoms with E-state index in [2.05, 4.69) is 15.0 Å². The van der Waals surface area contributed by atoms with Crippen molar-refractivity contribution in [1.29, 1.82) is 0 Å². The number of piperazine rings is 1. The van der Waals surface area contributed by atoms with Crippen molar-refractivity contribution in [3.63, 3.8) is 0 Å². The minimum atomic E-state index is 0.0139. The van der Waals surface area contributed by atoms with E-state index in [9.17, 15) is 4.79 Å². The van der Waals surface area contributed by atoms with Crippen LogP contribution < -0.4 is 4.74 Å². The number of aryl methyl sites for hydroxylation is 2. The van der Waals surface area contributed by atoms with Gasteiger partial charge >= 0.3 is 0 Å². The van der Waals surface area contributed by atoms with Crippen molar-refractivity contribution in [3.05, 3.63) is 65.0 Å². The molecule has 7 nitrogen and oxygen atoms in total. The van der Waals surface area contributed by atoms with Gasteiger partial charge in [-0.1, -0.05) is 47.1 Å². The van der Waals surface area contributed by atoms with Gasteiger partial charge in [-0.15, -0.1) is 0 Å². The number of hydrogen-bond acceptors (Lipinski definition) is 6. The van der Waals surface area contributed by atoms with Crippen LogP contribution in [0.1, 0.15) is 22.6 Å². The predicted molar refractivity (Wildman–Crippen MR) is 118 cm³/mol. The summed E-state index contributed by atoms with van der Waals surface area (Å²) in [6, 6.07) is 13.9. The zero-order valence-corrected chi connectivity index (χ0v) is 18.3. The predicted octanol–water partition coefficient (Wildman–Crippen LogP) is 3.39. The van der Waals surface area contributed by atoms with Crippen LogP contribution in [0.2, 0.25) is 0 Å². The number of ether oxygens (including phenoxy) is 1. The van der Waals surface area contributed by atoms with E-state index in [0.717, 1.165) is 35.5 Å². The third-order valence-corrected chi connectivity index (χ3v) is 5.77. The summed E-state index contributed by atoms with van der Waals surface area (Å²) in [4.78, 5) is 21.2. The van der Waals surface area contributed by atoms with E-state index in [0.29, 0.717) is 31.3 Å². The quantitative estimate of drug-likeness (QED) is 0.609. The van der Waals surface area contributed by atoms with E-state index < -0.39 is 0 Å². The van der Waals surface area contributed by atoms with Crippen LogP contribution in [0, 0.1) is 20.8 Å². The standard InChI is InChI=1S/C24H28N4O3/c1-17-7-9-20(10-8-17)24-25-22(31-26-24)15-27-11-13-28(14-12-27)23(29)16-30-21-6-4-5-18(2)19(21)3/h4-10H,11-16H2,1-3H3. The number of hydrogen-bond donors (Lipinski definition) is 0. The lowest BCUT2D eigenvalue weighted by atomic mass is 10.1. The van der Waals surface area contributed by atoms with E-state index in [-0.39, 0.29) is 12.5 Å². The average molecular weight is 421 g/mol. The summed E-state index contributed by atoms with van der Waals surface area (Å²) in [5.41, 5.74) is 4.37. The lowest BCUT2D eigenvalue weighted by molar-refractivity contribution is -0.135.